The highest BCUT2D eigenvalue weighted by Crippen LogP contribution is 2.27. The van der Waals surface area contributed by atoms with Gasteiger partial charge in [-0.25, -0.2) is 9.67 Å². The summed E-state index contributed by atoms with van der Waals surface area (Å²) < 4.78 is 1.76. The summed E-state index contributed by atoms with van der Waals surface area (Å²) in [5.41, 5.74) is 1.57. The molecule has 1 atom stereocenters. The molecule has 1 aliphatic heterocycles. The lowest BCUT2D eigenvalue weighted by Gasteiger charge is -2.32. The summed E-state index contributed by atoms with van der Waals surface area (Å²) in [6, 6.07) is 7.87. The number of hydrogen-bond acceptors (Lipinski definition) is 4. The van der Waals surface area contributed by atoms with Crippen molar-refractivity contribution >= 4 is 11.6 Å². The molecule has 1 saturated heterocycles. The highest BCUT2D eigenvalue weighted by molar-refractivity contribution is 5.95. The third-order valence-electron chi connectivity index (χ3n) is 4.14. The number of piperidine rings is 1. The predicted octanol–water partition coefficient (Wildman–Crippen LogP) is 1.65. The number of nitrogens with one attached hydrogen (secondary N) is 2. The summed E-state index contributed by atoms with van der Waals surface area (Å²) in [6.45, 7) is 4.39. The van der Waals surface area contributed by atoms with E-state index in [4.69, 9.17) is 0 Å². The first-order valence-corrected chi connectivity index (χ1v) is 7.59. The lowest BCUT2D eigenvalue weighted by atomic mass is 9.82. The average molecular weight is 299 g/mol. The van der Waals surface area contributed by atoms with Crippen LogP contribution < -0.4 is 10.6 Å². The second-order valence-corrected chi connectivity index (χ2v) is 6.09. The molecule has 1 unspecified atom stereocenters. The van der Waals surface area contributed by atoms with E-state index < -0.39 is 0 Å². The monoisotopic (exact) mass is 299 g/mol. The van der Waals surface area contributed by atoms with Gasteiger partial charge in [-0.15, -0.1) is 0 Å². The van der Waals surface area contributed by atoms with Gasteiger partial charge in [-0.3, -0.25) is 4.79 Å². The second-order valence-electron chi connectivity index (χ2n) is 6.09. The fraction of sp³-hybridized carbons (Fsp3) is 0.438. The molecule has 6 nitrogen and oxygen atoms in total. The summed E-state index contributed by atoms with van der Waals surface area (Å²) in [6.07, 6.45) is 5.16. The Kier molecular flexibility index (Phi) is 4.20. The molecule has 0 bridgehead atoms. The number of nitrogens with zero attached hydrogens (tertiary/aromatic N) is 3. The number of anilines is 1. The van der Waals surface area contributed by atoms with Crippen LogP contribution in [-0.4, -0.2) is 33.8 Å². The van der Waals surface area contributed by atoms with Crippen LogP contribution in [0.2, 0.25) is 0 Å². The number of hydrogen-bond donors (Lipinski definition) is 2. The van der Waals surface area contributed by atoms with Crippen LogP contribution in [0.4, 0.5) is 5.69 Å². The lowest BCUT2D eigenvalue weighted by molar-refractivity contribution is -0.125. The first-order chi connectivity index (χ1) is 10.7. The molecule has 2 heterocycles. The Morgan fingerprint density at radius 3 is 3.14 bits per heavy atom. The maximum absolute atomic E-state index is 12.5. The molecule has 2 aromatic rings. The van der Waals surface area contributed by atoms with E-state index >= 15 is 0 Å². The molecule has 3 rings (SSSR count). The number of rotatable bonds is 4. The van der Waals surface area contributed by atoms with Crippen molar-refractivity contribution in [2.24, 2.45) is 5.41 Å². The first-order valence-electron chi connectivity index (χ1n) is 7.59. The molecule has 1 fully saturated rings. The highest BCUT2D eigenvalue weighted by Gasteiger charge is 2.34. The third kappa shape index (κ3) is 3.33. The van der Waals surface area contributed by atoms with E-state index in [0.29, 0.717) is 6.54 Å². The van der Waals surface area contributed by atoms with E-state index in [0.717, 1.165) is 37.2 Å². The molecule has 1 aromatic heterocycles. The molecule has 1 amide bonds. The van der Waals surface area contributed by atoms with Crippen molar-refractivity contribution in [3.8, 4) is 0 Å². The summed E-state index contributed by atoms with van der Waals surface area (Å²) >= 11 is 0. The van der Waals surface area contributed by atoms with Crippen molar-refractivity contribution in [1.82, 2.24) is 20.1 Å². The molecule has 0 spiro atoms. The minimum Gasteiger partial charge on any atom is -0.326 e. The number of aromatic nitrogens is 3. The predicted molar refractivity (Wildman–Crippen MR) is 84.4 cm³/mol. The topological polar surface area (TPSA) is 71.8 Å². The summed E-state index contributed by atoms with van der Waals surface area (Å²) in [7, 11) is 0. The van der Waals surface area contributed by atoms with E-state index in [9.17, 15) is 4.79 Å². The maximum Gasteiger partial charge on any atom is 0.231 e. The van der Waals surface area contributed by atoms with Gasteiger partial charge in [-0.05, 0) is 44.0 Å². The lowest BCUT2D eigenvalue weighted by Crippen LogP contribution is -2.46. The van der Waals surface area contributed by atoms with E-state index in [1.807, 2.05) is 31.2 Å². The summed E-state index contributed by atoms with van der Waals surface area (Å²) in [4.78, 5) is 16.5. The molecule has 6 heteroatoms. The minimum atomic E-state index is -0.333. The van der Waals surface area contributed by atoms with Crippen molar-refractivity contribution in [1.29, 1.82) is 0 Å². The number of benzene rings is 1. The van der Waals surface area contributed by atoms with Crippen molar-refractivity contribution in [3.63, 3.8) is 0 Å². The Morgan fingerprint density at radius 1 is 1.50 bits per heavy atom. The zero-order valence-electron chi connectivity index (χ0n) is 12.7. The SMILES string of the molecule is CC1(C(=O)Nc2cccc(Cn3cncn3)c2)CCCNC1. The molecular formula is C16H21N5O. The van der Waals surface area contributed by atoms with Crippen LogP contribution in [0.15, 0.2) is 36.9 Å². The van der Waals surface area contributed by atoms with E-state index in [2.05, 4.69) is 20.7 Å². The fourth-order valence-corrected chi connectivity index (χ4v) is 2.78. The van der Waals surface area contributed by atoms with Crippen LogP contribution in [0.5, 0.6) is 0 Å². The molecule has 0 saturated carbocycles. The van der Waals surface area contributed by atoms with Crippen LogP contribution in [0.25, 0.3) is 0 Å². The molecule has 22 heavy (non-hydrogen) atoms. The number of amides is 1. The number of carbonyl (C=O) groups is 1. The van der Waals surface area contributed by atoms with E-state index in [1.54, 1.807) is 11.0 Å². The van der Waals surface area contributed by atoms with Crippen LogP contribution in [-0.2, 0) is 11.3 Å². The number of carbonyl (C=O) groups excluding carboxylic acids is 1. The Balaban J connectivity index is 1.68. The zero-order chi connectivity index (χ0) is 15.4. The Morgan fingerprint density at radius 2 is 2.41 bits per heavy atom. The van der Waals surface area contributed by atoms with Crippen molar-refractivity contribution in [2.45, 2.75) is 26.3 Å². The van der Waals surface area contributed by atoms with Gasteiger partial charge in [-0.2, -0.15) is 5.10 Å². The second kappa shape index (κ2) is 6.27. The van der Waals surface area contributed by atoms with Gasteiger partial charge < -0.3 is 10.6 Å². The Hall–Kier alpha value is -2.21. The smallest absolute Gasteiger partial charge is 0.231 e. The quantitative estimate of drug-likeness (QED) is 0.900. The van der Waals surface area contributed by atoms with Gasteiger partial charge in [0, 0.05) is 12.2 Å². The third-order valence-corrected chi connectivity index (χ3v) is 4.14. The van der Waals surface area contributed by atoms with Crippen molar-refractivity contribution < 1.29 is 4.79 Å². The standard InChI is InChI=1S/C16H21N5O/c1-16(6-3-7-17-10-16)15(22)20-14-5-2-4-13(8-14)9-21-12-18-11-19-21/h2,4-5,8,11-12,17H,3,6-7,9-10H2,1H3,(H,20,22). The molecule has 0 radical (unpaired) electrons. The molecule has 1 aromatic carbocycles. The summed E-state index contributed by atoms with van der Waals surface area (Å²) in [5, 5.41) is 10.4. The van der Waals surface area contributed by atoms with Gasteiger partial charge in [0.25, 0.3) is 0 Å². The van der Waals surface area contributed by atoms with Crippen LogP contribution in [0.3, 0.4) is 0 Å². The van der Waals surface area contributed by atoms with Gasteiger partial charge in [0.15, 0.2) is 0 Å². The van der Waals surface area contributed by atoms with Gasteiger partial charge in [0.1, 0.15) is 12.7 Å². The average Bonchev–Trinajstić information content (AvgIpc) is 3.01. The van der Waals surface area contributed by atoms with Crippen LogP contribution in [0, 0.1) is 5.41 Å². The van der Waals surface area contributed by atoms with E-state index in [-0.39, 0.29) is 11.3 Å². The Bertz CT molecular complexity index is 632. The molecular weight excluding hydrogens is 278 g/mol. The van der Waals surface area contributed by atoms with E-state index in [1.165, 1.54) is 6.33 Å². The molecule has 0 aliphatic carbocycles. The largest absolute Gasteiger partial charge is 0.326 e. The fourth-order valence-electron chi connectivity index (χ4n) is 2.78. The summed E-state index contributed by atoms with van der Waals surface area (Å²) in [5.74, 6) is 0.0811. The minimum absolute atomic E-state index is 0.0811. The van der Waals surface area contributed by atoms with Gasteiger partial charge in [-0.1, -0.05) is 12.1 Å². The molecule has 1 aliphatic rings. The van der Waals surface area contributed by atoms with Gasteiger partial charge in [0.05, 0.1) is 12.0 Å². The Labute approximate surface area is 129 Å². The molecule has 2 N–H and O–H groups in total. The zero-order valence-corrected chi connectivity index (χ0v) is 12.7. The maximum atomic E-state index is 12.5. The van der Waals surface area contributed by atoms with Gasteiger partial charge >= 0.3 is 0 Å². The highest BCUT2D eigenvalue weighted by atomic mass is 16.2. The molecule has 116 valence electrons. The van der Waals surface area contributed by atoms with Crippen molar-refractivity contribution in [2.75, 3.05) is 18.4 Å². The van der Waals surface area contributed by atoms with Crippen LogP contribution in [0.1, 0.15) is 25.3 Å². The van der Waals surface area contributed by atoms with Crippen molar-refractivity contribution in [3.05, 3.63) is 42.5 Å². The van der Waals surface area contributed by atoms with Gasteiger partial charge in [0.2, 0.25) is 5.91 Å². The van der Waals surface area contributed by atoms with Crippen LogP contribution >= 0.6 is 0 Å². The first kappa shape index (κ1) is 14.7. The normalized spacial score (nSPS) is 21.5.